The minimum absolute atomic E-state index is 0.0798. The number of nitrogens with one attached hydrogen (secondary N) is 1. The maximum atomic E-state index is 11.5. The van der Waals surface area contributed by atoms with E-state index in [2.05, 4.69) is 0 Å². The van der Waals surface area contributed by atoms with Crippen LogP contribution in [0.4, 0.5) is 0 Å². The van der Waals surface area contributed by atoms with Crippen LogP contribution in [-0.4, -0.2) is 26.2 Å². The van der Waals surface area contributed by atoms with Gasteiger partial charge in [0.25, 0.3) is 0 Å². The second kappa shape index (κ2) is 7.50. The number of hydrogen-bond acceptors (Lipinski definition) is 4. The summed E-state index contributed by atoms with van der Waals surface area (Å²) in [5, 5.41) is -0.134. The zero-order valence-corrected chi connectivity index (χ0v) is 13.0. The second-order valence-corrected chi connectivity index (χ2v) is 7.15. The van der Waals surface area contributed by atoms with E-state index in [-0.39, 0.29) is 6.42 Å². The van der Waals surface area contributed by atoms with Crippen molar-refractivity contribution in [1.29, 1.82) is 0 Å². The smallest absolute Gasteiger partial charge is 0.237 e. The summed E-state index contributed by atoms with van der Waals surface area (Å²) in [6.45, 7) is 3.31. The molecule has 7 heteroatoms. The minimum atomic E-state index is -3.55. The van der Waals surface area contributed by atoms with Gasteiger partial charge < -0.3 is 4.74 Å². The Morgan fingerprint density at radius 1 is 1.35 bits per heavy atom. The number of amides is 1. The molecule has 5 nitrogen and oxygen atoms in total. The van der Waals surface area contributed by atoms with E-state index in [1.54, 1.807) is 24.3 Å². The van der Waals surface area contributed by atoms with Crippen LogP contribution >= 0.6 is 11.6 Å². The van der Waals surface area contributed by atoms with Gasteiger partial charge in [0, 0.05) is 6.42 Å². The van der Waals surface area contributed by atoms with Crippen molar-refractivity contribution in [3.63, 3.8) is 0 Å². The molecule has 1 aromatic rings. The lowest BCUT2D eigenvalue weighted by molar-refractivity contribution is -0.119. The highest BCUT2D eigenvalue weighted by Crippen LogP contribution is 2.23. The van der Waals surface area contributed by atoms with Gasteiger partial charge in [-0.2, -0.15) is 0 Å². The molecule has 0 saturated heterocycles. The number of halogens is 1. The standard InChI is InChI=1S/C13H18ClNO4S/c1-10(2)20(17,18)15-13(16)8-5-9-19-12-7-4-3-6-11(12)14/h3-4,6-7,10H,5,8-9H2,1-2H3,(H,15,16). The first-order valence-corrected chi connectivity index (χ1v) is 8.17. The maximum absolute atomic E-state index is 11.5. The Hall–Kier alpha value is -1.27. The molecule has 0 unspecified atom stereocenters. The normalized spacial score (nSPS) is 11.4. The highest BCUT2D eigenvalue weighted by Gasteiger charge is 2.18. The topological polar surface area (TPSA) is 72.5 Å². The van der Waals surface area contributed by atoms with E-state index >= 15 is 0 Å². The van der Waals surface area contributed by atoms with Crippen LogP contribution in [0.2, 0.25) is 5.02 Å². The predicted octanol–water partition coefficient (Wildman–Crippen LogP) is 2.35. The Bertz CT molecular complexity index is 557. The number of rotatable bonds is 7. The monoisotopic (exact) mass is 319 g/mol. The van der Waals surface area contributed by atoms with Crippen molar-refractivity contribution in [2.75, 3.05) is 6.61 Å². The Balaban J connectivity index is 2.32. The molecule has 0 aromatic heterocycles. The van der Waals surface area contributed by atoms with E-state index < -0.39 is 21.2 Å². The lowest BCUT2D eigenvalue weighted by Crippen LogP contribution is -2.35. The van der Waals surface area contributed by atoms with Gasteiger partial charge in [0.1, 0.15) is 5.75 Å². The molecule has 0 spiro atoms. The van der Waals surface area contributed by atoms with Gasteiger partial charge in [-0.25, -0.2) is 8.42 Å². The van der Waals surface area contributed by atoms with Gasteiger partial charge in [-0.15, -0.1) is 0 Å². The molecule has 0 heterocycles. The predicted molar refractivity (Wildman–Crippen MR) is 78.4 cm³/mol. The van der Waals surface area contributed by atoms with Crippen LogP contribution < -0.4 is 9.46 Å². The molecule has 1 rings (SSSR count). The van der Waals surface area contributed by atoms with E-state index in [4.69, 9.17) is 16.3 Å². The molecule has 1 amide bonds. The van der Waals surface area contributed by atoms with Crippen molar-refractivity contribution in [2.24, 2.45) is 0 Å². The lowest BCUT2D eigenvalue weighted by Gasteiger charge is -2.10. The number of para-hydroxylation sites is 1. The van der Waals surface area contributed by atoms with E-state index in [9.17, 15) is 13.2 Å². The fourth-order valence-electron chi connectivity index (χ4n) is 1.30. The van der Waals surface area contributed by atoms with Gasteiger partial charge in [0.05, 0.1) is 16.9 Å². The SMILES string of the molecule is CC(C)S(=O)(=O)NC(=O)CCCOc1ccccc1Cl. The highest BCUT2D eigenvalue weighted by molar-refractivity contribution is 7.90. The molecule has 1 N–H and O–H groups in total. The lowest BCUT2D eigenvalue weighted by atomic mass is 10.3. The molecule has 0 atom stereocenters. The average molecular weight is 320 g/mol. The molecule has 0 saturated carbocycles. The van der Waals surface area contributed by atoms with Crippen molar-refractivity contribution in [3.8, 4) is 5.75 Å². The summed E-state index contributed by atoms with van der Waals surface area (Å²) in [5.74, 6) is 0.0193. The molecule has 0 aliphatic rings. The van der Waals surface area contributed by atoms with Gasteiger partial charge in [0.2, 0.25) is 15.9 Å². The fraction of sp³-hybridized carbons (Fsp3) is 0.462. The largest absolute Gasteiger partial charge is 0.492 e. The third-order valence-electron chi connectivity index (χ3n) is 2.52. The molecule has 112 valence electrons. The average Bonchev–Trinajstić information content (AvgIpc) is 2.35. The molecular formula is C13H18ClNO4S. The summed E-state index contributed by atoms with van der Waals surface area (Å²) >= 11 is 5.90. The Labute approximate surface area is 124 Å². The van der Waals surface area contributed by atoms with Crippen LogP contribution in [-0.2, 0) is 14.8 Å². The van der Waals surface area contributed by atoms with Crippen LogP contribution in [0.5, 0.6) is 5.75 Å². The van der Waals surface area contributed by atoms with E-state index in [1.807, 2.05) is 4.72 Å². The first-order chi connectivity index (χ1) is 9.33. The molecule has 0 aliphatic heterocycles. The number of ether oxygens (including phenoxy) is 1. The van der Waals surface area contributed by atoms with Crippen molar-refractivity contribution in [1.82, 2.24) is 4.72 Å². The number of carbonyl (C=O) groups is 1. The maximum Gasteiger partial charge on any atom is 0.237 e. The van der Waals surface area contributed by atoms with Crippen molar-refractivity contribution in [3.05, 3.63) is 29.3 Å². The molecule has 20 heavy (non-hydrogen) atoms. The van der Waals surface area contributed by atoms with Gasteiger partial charge in [0.15, 0.2) is 0 Å². The Morgan fingerprint density at radius 2 is 2.00 bits per heavy atom. The fourth-order valence-corrected chi connectivity index (χ4v) is 2.15. The molecule has 1 aromatic carbocycles. The Kier molecular flexibility index (Phi) is 6.29. The number of sulfonamides is 1. The third kappa shape index (κ3) is 5.38. The number of hydrogen-bond donors (Lipinski definition) is 1. The summed E-state index contributed by atoms with van der Waals surface area (Å²) in [6, 6.07) is 7.02. The summed E-state index contributed by atoms with van der Waals surface area (Å²) in [5.41, 5.74) is 0. The van der Waals surface area contributed by atoms with E-state index in [0.717, 1.165) is 0 Å². The highest BCUT2D eigenvalue weighted by atomic mass is 35.5. The first kappa shape index (κ1) is 16.8. The Morgan fingerprint density at radius 3 is 2.60 bits per heavy atom. The number of carbonyl (C=O) groups excluding carboxylic acids is 1. The quantitative estimate of drug-likeness (QED) is 0.783. The minimum Gasteiger partial charge on any atom is -0.492 e. The second-order valence-electron chi connectivity index (χ2n) is 4.50. The van der Waals surface area contributed by atoms with Crippen molar-refractivity contribution in [2.45, 2.75) is 31.9 Å². The molecular weight excluding hydrogens is 302 g/mol. The van der Waals surface area contributed by atoms with Gasteiger partial charge in [-0.3, -0.25) is 9.52 Å². The summed E-state index contributed by atoms with van der Waals surface area (Å²) in [7, 11) is -3.55. The first-order valence-electron chi connectivity index (χ1n) is 6.24. The van der Waals surface area contributed by atoms with Crippen LogP contribution in [0, 0.1) is 0 Å². The molecule has 0 aliphatic carbocycles. The summed E-state index contributed by atoms with van der Waals surface area (Å²) in [6.07, 6.45) is 0.487. The van der Waals surface area contributed by atoms with Crippen LogP contribution in [0.15, 0.2) is 24.3 Å². The van der Waals surface area contributed by atoms with E-state index in [0.29, 0.717) is 23.8 Å². The van der Waals surface area contributed by atoms with Crippen LogP contribution in [0.1, 0.15) is 26.7 Å². The van der Waals surface area contributed by atoms with Crippen molar-refractivity contribution >= 4 is 27.5 Å². The summed E-state index contributed by atoms with van der Waals surface area (Å²) in [4.78, 5) is 11.5. The molecule has 0 radical (unpaired) electrons. The zero-order valence-electron chi connectivity index (χ0n) is 11.4. The van der Waals surface area contributed by atoms with Crippen LogP contribution in [0.25, 0.3) is 0 Å². The van der Waals surface area contributed by atoms with Gasteiger partial charge in [-0.05, 0) is 32.4 Å². The van der Waals surface area contributed by atoms with E-state index in [1.165, 1.54) is 13.8 Å². The van der Waals surface area contributed by atoms with Crippen LogP contribution in [0.3, 0.4) is 0 Å². The third-order valence-corrected chi connectivity index (χ3v) is 4.58. The molecule has 0 bridgehead atoms. The summed E-state index contributed by atoms with van der Waals surface area (Å²) < 4.78 is 30.3. The van der Waals surface area contributed by atoms with Gasteiger partial charge >= 0.3 is 0 Å². The zero-order chi connectivity index (χ0) is 15.2. The van der Waals surface area contributed by atoms with Gasteiger partial charge in [-0.1, -0.05) is 23.7 Å². The number of benzene rings is 1. The van der Waals surface area contributed by atoms with Crippen molar-refractivity contribution < 1.29 is 17.9 Å². The molecule has 0 fully saturated rings.